The van der Waals surface area contributed by atoms with Crippen molar-refractivity contribution >= 4 is 51.0 Å². The fourth-order valence-electron chi connectivity index (χ4n) is 4.06. The highest BCUT2D eigenvalue weighted by molar-refractivity contribution is 7.17. The number of methoxy groups -OCH3 is 1. The molecule has 0 radical (unpaired) electrons. The average Bonchev–Trinajstić information content (AvgIpc) is 3.24. The Balaban J connectivity index is 1.54. The van der Waals surface area contributed by atoms with Crippen LogP contribution >= 0.6 is 11.3 Å². The topological polar surface area (TPSA) is 123 Å². The molecule has 0 saturated carbocycles. The molecular weight excluding hydrogens is 456 g/mol. The number of carbonyl (C=O) groups excluding carboxylic acids is 2. The number of aromatic nitrogens is 2. The first kappa shape index (κ1) is 23.6. The van der Waals surface area contributed by atoms with Gasteiger partial charge in [0.1, 0.15) is 16.4 Å². The fourth-order valence-corrected chi connectivity index (χ4v) is 4.97. The van der Waals surface area contributed by atoms with E-state index < -0.39 is 5.97 Å². The number of nitrogens with zero attached hydrogens (tertiary/aromatic N) is 4. The maximum atomic E-state index is 13.0. The molecule has 4 rings (SSSR count). The third kappa shape index (κ3) is 4.56. The average molecular weight is 485 g/mol. The van der Waals surface area contributed by atoms with Gasteiger partial charge in [0, 0.05) is 36.7 Å². The van der Waals surface area contributed by atoms with Gasteiger partial charge in [-0.2, -0.15) is 4.98 Å². The highest BCUT2D eigenvalue weighted by atomic mass is 32.1. The van der Waals surface area contributed by atoms with Gasteiger partial charge >= 0.3 is 12.0 Å². The highest BCUT2D eigenvalue weighted by Crippen LogP contribution is 2.35. The zero-order chi connectivity index (χ0) is 24.4. The number of nitrogen functional groups attached to an aromatic ring is 1. The molecule has 11 heteroatoms. The van der Waals surface area contributed by atoms with Crippen LogP contribution in [-0.4, -0.2) is 66.3 Å². The monoisotopic (exact) mass is 484 g/mol. The van der Waals surface area contributed by atoms with Crippen molar-refractivity contribution in [2.75, 3.05) is 49.3 Å². The number of rotatable bonds is 5. The van der Waals surface area contributed by atoms with Crippen molar-refractivity contribution in [2.45, 2.75) is 26.8 Å². The second-order valence-electron chi connectivity index (χ2n) is 8.05. The summed E-state index contributed by atoms with van der Waals surface area (Å²) in [5.41, 5.74) is 8.06. The van der Waals surface area contributed by atoms with Crippen LogP contribution in [0.2, 0.25) is 0 Å². The molecule has 180 valence electrons. The number of hydrogen-bond acceptors (Lipinski definition) is 9. The molecule has 1 saturated heterocycles. The van der Waals surface area contributed by atoms with Crippen molar-refractivity contribution in [1.82, 2.24) is 14.9 Å². The Labute approximate surface area is 201 Å². The number of fused-ring (bicyclic) bond motifs is 1. The second kappa shape index (κ2) is 9.72. The van der Waals surface area contributed by atoms with Crippen LogP contribution in [0.4, 0.5) is 22.2 Å². The van der Waals surface area contributed by atoms with E-state index in [1.54, 1.807) is 24.3 Å². The molecule has 1 fully saturated rings. The van der Waals surface area contributed by atoms with Gasteiger partial charge in [0.15, 0.2) is 0 Å². The fraction of sp³-hybridized carbons (Fsp3) is 0.391. The van der Waals surface area contributed by atoms with Gasteiger partial charge in [0.2, 0.25) is 5.95 Å². The van der Waals surface area contributed by atoms with Gasteiger partial charge in [0.25, 0.3) is 0 Å². The Morgan fingerprint density at radius 1 is 1.29 bits per heavy atom. The molecule has 1 aromatic carbocycles. The third-order valence-corrected chi connectivity index (χ3v) is 6.66. The van der Waals surface area contributed by atoms with Gasteiger partial charge < -0.3 is 30.3 Å². The highest BCUT2D eigenvalue weighted by Gasteiger charge is 2.31. The van der Waals surface area contributed by atoms with Gasteiger partial charge in [-0.15, -0.1) is 11.3 Å². The maximum Gasteiger partial charge on any atom is 0.339 e. The number of hydrogen-bond donors (Lipinski definition) is 2. The Hall–Kier alpha value is -3.60. The number of ether oxygens (including phenoxy) is 2. The van der Waals surface area contributed by atoms with Gasteiger partial charge in [-0.25, -0.2) is 14.6 Å². The summed E-state index contributed by atoms with van der Waals surface area (Å²) in [6.45, 7) is 7.46. The minimum atomic E-state index is -0.413. The number of aryl methyl sites for hydroxylation is 1. The van der Waals surface area contributed by atoms with Crippen LogP contribution in [0.5, 0.6) is 5.75 Å². The number of nitrogens with two attached hydrogens (primary N) is 1. The lowest BCUT2D eigenvalue weighted by atomic mass is 10.1. The Morgan fingerprint density at radius 2 is 2.09 bits per heavy atom. The van der Waals surface area contributed by atoms with Crippen molar-refractivity contribution < 1.29 is 19.1 Å². The predicted molar refractivity (Wildman–Crippen MR) is 133 cm³/mol. The molecule has 3 aromatic rings. The minimum Gasteiger partial charge on any atom is -0.497 e. The number of anilines is 3. The molecule has 0 bridgehead atoms. The van der Waals surface area contributed by atoms with Crippen LogP contribution in [0.25, 0.3) is 10.2 Å². The zero-order valence-electron chi connectivity index (χ0n) is 19.6. The van der Waals surface area contributed by atoms with Crippen LogP contribution < -0.4 is 20.7 Å². The van der Waals surface area contributed by atoms with E-state index in [9.17, 15) is 9.59 Å². The molecule has 1 aliphatic rings. The van der Waals surface area contributed by atoms with Gasteiger partial charge in [-0.1, -0.05) is 0 Å². The predicted octanol–water partition coefficient (Wildman–Crippen LogP) is 3.51. The van der Waals surface area contributed by atoms with Crippen molar-refractivity contribution in [1.29, 1.82) is 0 Å². The number of urea groups is 1. The van der Waals surface area contributed by atoms with Crippen LogP contribution in [0.1, 0.15) is 29.8 Å². The number of thiophene rings is 1. The van der Waals surface area contributed by atoms with Crippen molar-refractivity contribution in [2.24, 2.45) is 0 Å². The van der Waals surface area contributed by atoms with Crippen LogP contribution in [-0.2, 0) is 4.74 Å². The smallest absolute Gasteiger partial charge is 0.339 e. The molecule has 34 heavy (non-hydrogen) atoms. The summed E-state index contributed by atoms with van der Waals surface area (Å²) in [5.74, 6) is 1.06. The summed E-state index contributed by atoms with van der Waals surface area (Å²) in [6.07, 6.45) is 0. The Morgan fingerprint density at radius 3 is 2.76 bits per heavy atom. The number of carbonyl (C=O) groups is 2. The lowest BCUT2D eigenvalue weighted by Gasteiger charge is -2.40. The molecule has 2 aromatic heterocycles. The summed E-state index contributed by atoms with van der Waals surface area (Å²) in [6, 6.07) is 5.29. The molecule has 1 unspecified atom stereocenters. The van der Waals surface area contributed by atoms with Gasteiger partial charge in [0.05, 0.1) is 24.7 Å². The lowest BCUT2D eigenvalue weighted by Crippen LogP contribution is -2.55. The normalized spacial score (nSPS) is 15.9. The van der Waals surface area contributed by atoms with E-state index in [1.165, 1.54) is 11.3 Å². The zero-order valence-corrected chi connectivity index (χ0v) is 20.4. The molecule has 3 heterocycles. The van der Waals surface area contributed by atoms with Crippen LogP contribution in [0.15, 0.2) is 23.6 Å². The maximum absolute atomic E-state index is 13.0. The standard InChI is InChI=1S/C23H28N6O4S/c1-5-33-21(30)16-12-34-20-18(16)19(26-22(24)27-20)29-9-8-28(11-14(29)3)23(31)25-17-7-6-15(32-4)10-13(17)2/h6-7,10,12,14H,5,8-9,11H2,1-4H3,(H,25,31)(H2,24,26,27). The van der Waals surface area contributed by atoms with Crippen molar-refractivity contribution in [3.8, 4) is 5.75 Å². The van der Waals surface area contributed by atoms with E-state index in [2.05, 4.69) is 20.2 Å². The van der Waals surface area contributed by atoms with Crippen molar-refractivity contribution in [3.05, 3.63) is 34.7 Å². The van der Waals surface area contributed by atoms with E-state index >= 15 is 0 Å². The molecule has 3 N–H and O–H groups in total. The lowest BCUT2D eigenvalue weighted by molar-refractivity contribution is 0.0529. The van der Waals surface area contributed by atoms with E-state index in [0.29, 0.717) is 41.2 Å². The van der Waals surface area contributed by atoms with Gasteiger partial charge in [-0.3, -0.25) is 0 Å². The largest absolute Gasteiger partial charge is 0.497 e. The first-order valence-corrected chi connectivity index (χ1v) is 11.9. The Bertz CT molecular complexity index is 1230. The Kier molecular flexibility index (Phi) is 6.73. The van der Waals surface area contributed by atoms with Crippen LogP contribution in [0.3, 0.4) is 0 Å². The van der Waals surface area contributed by atoms with E-state index in [0.717, 1.165) is 17.0 Å². The second-order valence-corrected chi connectivity index (χ2v) is 8.91. The molecule has 0 aliphatic carbocycles. The molecule has 1 aliphatic heterocycles. The molecule has 10 nitrogen and oxygen atoms in total. The quantitative estimate of drug-likeness (QED) is 0.528. The molecule has 0 spiro atoms. The summed E-state index contributed by atoms with van der Waals surface area (Å²) in [7, 11) is 1.61. The number of piperazine rings is 1. The number of nitrogens with one attached hydrogen (secondary N) is 1. The van der Waals surface area contributed by atoms with Crippen LogP contribution in [0, 0.1) is 6.92 Å². The number of benzene rings is 1. The summed E-state index contributed by atoms with van der Waals surface area (Å²) in [5, 5.41) is 5.35. The molecule has 1 atom stereocenters. The molecule has 2 amide bonds. The first-order chi connectivity index (χ1) is 16.3. The summed E-state index contributed by atoms with van der Waals surface area (Å²) in [4.78, 5) is 38.7. The molecular formula is C23H28N6O4S. The summed E-state index contributed by atoms with van der Waals surface area (Å²) < 4.78 is 10.4. The third-order valence-electron chi connectivity index (χ3n) is 5.79. The minimum absolute atomic E-state index is 0.0658. The number of amides is 2. The summed E-state index contributed by atoms with van der Waals surface area (Å²) >= 11 is 1.33. The van der Waals surface area contributed by atoms with E-state index in [1.807, 2.05) is 32.0 Å². The number of esters is 1. The first-order valence-electron chi connectivity index (χ1n) is 11.0. The van der Waals surface area contributed by atoms with Crippen molar-refractivity contribution in [3.63, 3.8) is 0 Å². The SMILES string of the molecule is CCOC(=O)c1csc2nc(N)nc(N3CCN(C(=O)Nc4ccc(OC)cc4C)CC3C)c12. The van der Waals surface area contributed by atoms with E-state index in [4.69, 9.17) is 15.2 Å². The van der Waals surface area contributed by atoms with E-state index in [-0.39, 0.29) is 24.6 Å². The van der Waals surface area contributed by atoms with Gasteiger partial charge in [-0.05, 0) is 44.5 Å².